The van der Waals surface area contributed by atoms with Gasteiger partial charge in [-0.3, -0.25) is 0 Å². The Balaban J connectivity index is 1.85. The largest absolute Gasteiger partial charge is 0.363 e. The molecule has 23 heavy (non-hydrogen) atoms. The van der Waals surface area contributed by atoms with Gasteiger partial charge in [-0.1, -0.05) is 30.3 Å². The third-order valence-electron chi connectivity index (χ3n) is 3.60. The number of aromatic amines is 1. The van der Waals surface area contributed by atoms with Crippen LogP contribution < -0.4 is 11.0 Å². The highest BCUT2D eigenvalue weighted by Crippen LogP contribution is 2.20. The van der Waals surface area contributed by atoms with Crippen LogP contribution in [0.4, 0.5) is 10.2 Å². The highest BCUT2D eigenvalue weighted by Gasteiger charge is 2.13. The van der Waals surface area contributed by atoms with Crippen molar-refractivity contribution in [2.45, 2.75) is 6.54 Å². The molecule has 7 heteroatoms. The van der Waals surface area contributed by atoms with Crippen LogP contribution in [0, 0.1) is 5.82 Å². The van der Waals surface area contributed by atoms with Gasteiger partial charge in [-0.05, 0) is 17.7 Å². The lowest BCUT2D eigenvalue weighted by molar-refractivity contribution is 0.629. The third-order valence-corrected chi connectivity index (χ3v) is 3.60. The molecule has 2 aromatic carbocycles. The van der Waals surface area contributed by atoms with Crippen molar-refractivity contribution in [2.75, 3.05) is 5.32 Å². The Morgan fingerprint density at radius 1 is 1.17 bits per heavy atom. The molecule has 0 saturated heterocycles. The fourth-order valence-corrected chi connectivity index (χ4v) is 2.52. The summed E-state index contributed by atoms with van der Waals surface area (Å²) < 4.78 is 14.8. The van der Waals surface area contributed by atoms with Gasteiger partial charge < -0.3 is 5.32 Å². The Morgan fingerprint density at radius 3 is 2.83 bits per heavy atom. The molecule has 2 aromatic heterocycles. The van der Waals surface area contributed by atoms with Gasteiger partial charge in [-0.15, -0.1) is 5.10 Å². The minimum atomic E-state index is -0.432. The maximum atomic E-state index is 13.5. The van der Waals surface area contributed by atoms with Crippen LogP contribution in [0.25, 0.3) is 16.7 Å². The number of nitrogens with zero attached hydrogens (tertiary/aromatic N) is 3. The molecular weight excluding hydrogens is 297 g/mol. The molecule has 4 aromatic rings. The molecule has 0 amide bonds. The Labute approximate surface area is 129 Å². The molecule has 0 atom stereocenters. The normalized spacial score (nSPS) is 11.2. The van der Waals surface area contributed by atoms with Crippen molar-refractivity contribution in [3.8, 4) is 0 Å². The van der Waals surface area contributed by atoms with Gasteiger partial charge in [0.1, 0.15) is 5.82 Å². The van der Waals surface area contributed by atoms with Crippen molar-refractivity contribution in [3.63, 3.8) is 0 Å². The molecule has 0 aliphatic heterocycles. The van der Waals surface area contributed by atoms with Crippen LogP contribution in [0.2, 0.25) is 0 Å². The number of halogens is 1. The van der Waals surface area contributed by atoms with E-state index >= 15 is 0 Å². The third kappa shape index (κ3) is 2.32. The Bertz CT molecular complexity index is 1050. The highest BCUT2D eigenvalue weighted by molar-refractivity contribution is 5.82. The summed E-state index contributed by atoms with van der Waals surface area (Å²) in [6.45, 7) is 0.539. The Morgan fingerprint density at radius 2 is 2.00 bits per heavy atom. The van der Waals surface area contributed by atoms with Crippen molar-refractivity contribution < 1.29 is 4.39 Å². The fraction of sp³-hybridized carbons (Fsp3) is 0.0625. The van der Waals surface area contributed by atoms with Gasteiger partial charge >= 0.3 is 5.69 Å². The second-order valence-electron chi connectivity index (χ2n) is 5.12. The van der Waals surface area contributed by atoms with Gasteiger partial charge in [-0.2, -0.15) is 0 Å². The number of fused-ring (bicyclic) bond motifs is 3. The molecular formula is C16H12FN5O. The Kier molecular flexibility index (Phi) is 3.04. The molecule has 0 radical (unpaired) electrons. The summed E-state index contributed by atoms with van der Waals surface area (Å²) in [5, 5.41) is 9.55. The van der Waals surface area contributed by atoms with E-state index in [9.17, 15) is 9.18 Å². The zero-order chi connectivity index (χ0) is 15.8. The SMILES string of the molecule is O=c1[nH]nc2c(NCc3ccccc3)nc3ccc(F)cc3n12. The number of H-pyrrole nitrogens is 1. The van der Waals surface area contributed by atoms with Gasteiger partial charge in [0.15, 0.2) is 5.82 Å². The lowest BCUT2D eigenvalue weighted by Gasteiger charge is -2.09. The zero-order valence-electron chi connectivity index (χ0n) is 12.0. The summed E-state index contributed by atoms with van der Waals surface area (Å²) in [6, 6.07) is 13.9. The van der Waals surface area contributed by atoms with E-state index in [1.807, 2.05) is 30.3 Å². The predicted molar refractivity (Wildman–Crippen MR) is 84.8 cm³/mol. The molecule has 0 aliphatic rings. The van der Waals surface area contributed by atoms with Crippen LogP contribution in [0.3, 0.4) is 0 Å². The molecule has 4 rings (SSSR count). The molecule has 0 saturated carbocycles. The number of hydrogen-bond acceptors (Lipinski definition) is 4. The highest BCUT2D eigenvalue weighted by atomic mass is 19.1. The van der Waals surface area contributed by atoms with Crippen molar-refractivity contribution in [1.82, 2.24) is 19.6 Å². The summed E-state index contributed by atoms with van der Waals surface area (Å²) in [5.41, 5.74) is 1.87. The van der Waals surface area contributed by atoms with Crippen LogP contribution in [-0.2, 0) is 6.54 Å². The number of hydrogen-bond donors (Lipinski definition) is 2. The van der Waals surface area contributed by atoms with Gasteiger partial charge in [0, 0.05) is 12.6 Å². The molecule has 114 valence electrons. The average Bonchev–Trinajstić information content (AvgIpc) is 2.96. The van der Waals surface area contributed by atoms with E-state index in [0.717, 1.165) is 5.56 Å². The zero-order valence-corrected chi connectivity index (χ0v) is 12.0. The van der Waals surface area contributed by atoms with Crippen LogP contribution in [0.5, 0.6) is 0 Å². The first-order valence-corrected chi connectivity index (χ1v) is 7.06. The molecule has 2 heterocycles. The van der Waals surface area contributed by atoms with E-state index in [2.05, 4.69) is 20.5 Å². The summed E-state index contributed by atoms with van der Waals surface area (Å²) in [4.78, 5) is 16.5. The maximum absolute atomic E-state index is 13.5. The van der Waals surface area contributed by atoms with Crippen LogP contribution >= 0.6 is 0 Å². The molecule has 0 spiro atoms. The quantitative estimate of drug-likeness (QED) is 0.609. The number of anilines is 1. The second-order valence-corrected chi connectivity index (χ2v) is 5.12. The van der Waals surface area contributed by atoms with Crippen molar-refractivity contribution in [2.24, 2.45) is 0 Å². The van der Waals surface area contributed by atoms with Crippen LogP contribution in [0.15, 0.2) is 53.3 Å². The summed E-state index contributed by atoms with van der Waals surface area (Å²) >= 11 is 0. The van der Waals surface area contributed by atoms with Crippen molar-refractivity contribution in [3.05, 3.63) is 70.4 Å². The Hall–Kier alpha value is -3.22. The smallest absolute Gasteiger partial charge is 0.348 e. The minimum Gasteiger partial charge on any atom is -0.363 e. The first-order chi connectivity index (χ1) is 11.2. The molecule has 0 fully saturated rings. The number of rotatable bonds is 3. The summed E-state index contributed by atoms with van der Waals surface area (Å²) in [5.74, 6) is 0.0324. The summed E-state index contributed by atoms with van der Waals surface area (Å²) in [7, 11) is 0. The second kappa shape index (κ2) is 5.20. The number of nitrogens with one attached hydrogen (secondary N) is 2. The van der Waals surface area contributed by atoms with E-state index in [4.69, 9.17) is 0 Å². The van der Waals surface area contributed by atoms with Gasteiger partial charge in [0.05, 0.1) is 11.0 Å². The van der Waals surface area contributed by atoms with E-state index in [1.165, 1.54) is 22.6 Å². The first kappa shape index (κ1) is 13.4. The molecule has 0 aliphatic carbocycles. The number of aromatic nitrogens is 4. The van der Waals surface area contributed by atoms with E-state index in [1.54, 1.807) is 0 Å². The molecule has 0 bridgehead atoms. The first-order valence-electron chi connectivity index (χ1n) is 7.06. The van der Waals surface area contributed by atoms with Gasteiger partial charge in [0.25, 0.3) is 0 Å². The standard InChI is InChI=1S/C16H12FN5O/c17-11-6-7-12-13(8-11)22-15(20-21-16(22)23)14(19-12)18-9-10-4-2-1-3-5-10/h1-8H,9H2,(H,18,19)(H,21,23). The predicted octanol–water partition coefficient (Wildman–Crippen LogP) is 2.32. The molecule has 2 N–H and O–H groups in total. The lowest BCUT2D eigenvalue weighted by Crippen LogP contribution is -2.12. The topological polar surface area (TPSA) is 75.1 Å². The summed E-state index contributed by atoms with van der Waals surface area (Å²) in [6.07, 6.45) is 0. The molecule has 0 unspecified atom stereocenters. The fourth-order valence-electron chi connectivity index (χ4n) is 2.52. The average molecular weight is 309 g/mol. The van der Waals surface area contributed by atoms with Crippen molar-refractivity contribution >= 4 is 22.5 Å². The lowest BCUT2D eigenvalue weighted by atomic mass is 10.2. The van der Waals surface area contributed by atoms with Crippen LogP contribution in [0.1, 0.15) is 5.56 Å². The van der Waals surface area contributed by atoms with E-state index < -0.39 is 11.5 Å². The van der Waals surface area contributed by atoms with Crippen LogP contribution in [-0.4, -0.2) is 19.6 Å². The van der Waals surface area contributed by atoms with Gasteiger partial charge in [0.2, 0.25) is 5.65 Å². The number of benzene rings is 2. The minimum absolute atomic E-state index is 0.337. The van der Waals surface area contributed by atoms with E-state index in [0.29, 0.717) is 29.0 Å². The van der Waals surface area contributed by atoms with Gasteiger partial charge in [-0.25, -0.2) is 23.7 Å². The van der Waals surface area contributed by atoms with E-state index in [-0.39, 0.29) is 0 Å². The molecule has 6 nitrogen and oxygen atoms in total. The maximum Gasteiger partial charge on any atom is 0.348 e. The monoisotopic (exact) mass is 309 g/mol. The van der Waals surface area contributed by atoms with Crippen molar-refractivity contribution in [1.29, 1.82) is 0 Å².